The van der Waals surface area contributed by atoms with E-state index < -0.39 is 0 Å². The summed E-state index contributed by atoms with van der Waals surface area (Å²) in [5.41, 5.74) is 1.60. The second-order valence-corrected chi connectivity index (χ2v) is 3.30. The Bertz CT molecular complexity index is 272. The average molecular weight is 216 g/mol. The Labute approximate surface area is 84.5 Å². The van der Waals surface area contributed by atoms with E-state index in [0.29, 0.717) is 13.2 Å². The summed E-state index contributed by atoms with van der Waals surface area (Å²) in [6, 6.07) is 0. The van der Waals surface area contributed by atoms with E-state index in [4.69, 9.17) is 18.6 Å². The van der Waals surface area contributed by atoms with Crippen molar-refractivity contribution in [1.82, 2.24) is 0 Å². The summed E-state index contributed by atoms with van der Waals surface area (Å²) < 4.78 is 15.2. The molecule has 1 heterocycles. The maximum absolute atomic E-state index is 8.89. The topological polar surface area (TPSA) is 51.8 Å². The zero-order chi connectivity index (χ0) is 10.2. The van der Waals surface area contributed by atoms with E-state index in [0.717, 1.165) is 11.1 Å². The third kappa shape index (κ3) is 3.60. The number of rotatable bonds is 7. The van der Waals surface area contributed by atoms with Crippen LogP contribution in [-0.4, -0.2) is 11.7 Å². The summed E-state index contributed by atoms with van der Waals surface area (Å²) in [5, 5.41) is 8.89. The monoisotopic (exact) mass is 216 g/mol. The highest BCUT2D eigenvalue weighted by Crippen LogP contribution is 2.19. The number of furan rings is 1. The molecular formula is C9H13O4P. The molecule has 1 rings (SSSR count). The summed E-state index contributed by atoms with van der Waals surface area (Å²) >= 11 is 0. The largest absolute Gasteiger partial charge is 0.472 e. The van der Waals surface area contributed by atoms with Gasteiger partial charge in [-0.2, -0.15) is 0 Å². The molecule has 0 bridgehead atoms. The van der Waals surface area contributed by atoms with Gasteiger partial charge < -0.3 is 18.6 Å². The van der Waals surface area contributed by atoms with Crippen LogP contribution >= 0.6 is 9.03 Å². The Morgan fingerprint density at radius 2 is 2.21 bits per heavy atom. The number of hydrogen-bond acceptors (Lipinski definition) is 4. The van der Waals surface area contributed by atoms with Crippen LogP contribution in [0.25, 0.3) is 0 Å². The molecule has 0 aliphatic rings. The fraction of sp³-hybridized carbons (Fsp3) is 0.333. The molecule has 0 fully saturated rings. The van der Waals surface area contributed by atoms with E-state index in [1.807, 2.05) is 0 Å². The quantitative estimate of drug-likeness (QED) is 0.430. The van der Waals surface area contributed by atoms with Gasteiger partial charge in [0.05, 0.1) is 32.3 Å². The van der Waals surface area contributed by atoms with Gasteiger partial charge in [-0.15, -0.1) is 6.58 Å². The first-order valence-corrected chi connectivity index (χ1v) is 4.94. The average Bonchev–Trinajstić information content (AvgIpc) is 2.65. The number of aliphatic hydroxyl groups excluding tert-OH is 1. The van der Waals surface area contributed by atoms with Crippen molar-refractivity contribution < 1.29 is 18.6 Å². The SMILES string of the molecule is C=CCOPOCc1cocc1CO. The van der Waals surface area contributed by atoms with Crippen LogP contribution in [0.5, 0.6) is 0 Å². The molecule has 1 aromatic rings. The zero-order valence-electron chi connectivity index (χ0n) is 7.73. The molecule has 14 heavy (non-hydrogen) atoms. The lowest BCUT2D eigenvalue weighted by Crippen LogP contribution is -1.90. The van der Waals surface area contributed by atoms with Gasteiger partial charge in [0.1, 0.15) is 0 Å². The minimum atomic E-state index is -0.0359. The summed E-state index contributed by atoms with van der Waals surface area (Å²) in [6.07, 6.45) is 4.73. The Kier molecular flexibility index (Phi) is 5.49. The summed E-state index contributed by atoms with van der Waals surface area (Å²) in [5.74, 6) is 0. The fourth-order valence-corrected chi connectivity index (χ4v) is 1.34. The molecule has 0 aliphatic carbocycles. The van der Waals surface area contributed by atoms with E-state index in [1.54, 1.807) is 12.3 Å². The van der Waals surface area contributed by atoms with Gasteiger partial charge in [0.15, 0.2) is 9.03 Å². The predicted octanol–water partition coefficient (Wildman–Crippen LogP) is 2.00. The summed E-state index contributed by atoms with van der Waals surface area (Å²) in [4.78, 5) is 0. The molecule has 1 atom stereocenters. The molecule has 0 spiro atoms. The minimum Gasteiger partial charge on any atom is -0.472 e. The Morgan fingerprint density at radius 1 is 1.43 bits per heavy atom. The summed E-state index contributed by atoms with van der Waals surface area (Å²) in [6.45, 7) is 4.35. The van der Waals surface area contributed by atoms with Crippen molar-refractivity contribution in [2.75, 3.05) is 6.61 Å². The molecule has 0 amide bonds. The molecule has 4 nitrogen and oxygen atoms in total. The lowest BCUT2D eigenvalue weighted by molar-refractivity contribution is 0.262. The molecule has 0 aromatic carbocycles. The second kappa shape index (κ2) is 6.74. The zero-order valence-corrected chi connectivity index (χ0v) is 8.73. The van der Waals surface area contributed by atoms with E-state index in [9.17, 15) is 0 Å². The molecule has 1 N–H and O–H groups in total. The van der Waals surface area contributed by atoms with E-state index in [-0.39, 0.29) is 15.6 Å². The van der Waals surface area contributed by atoms with Crippen LogP contribution in [0.15, 0.2) is 29.6 Å². The van der Waals surface area contributed by atoms with Crippen molar-refractivity contribution in [3.05, 3.63) is 36.3 Å². The van der Waals surface area contributed by atoms with Gasteiger partial charge in [0, 0.05) is 11.1 Å². The van der Waals surface area contributed by atoms with Crippen LogP contribution in [0.1, 0.15) is 11.1 Å². The van der Waals surface area contributed by atoms with Crippen LogP contribution < -0.4 is 0 Å². The maximum Gasteiger partial charge on any atom is 0.155 e. The first kappa shape index (κ1) is 11.4. The Morgan fingerprint density at radius 3 is 2.93 bits per heavy atom. The van der Waals surface area contributed by atoms with Gasteiger partial charge in [-0.05, 0) is 0 Å². The molecule has 1 aromatic heterocycles. The van der Waals surface area contributed by atoms with Gasteiger partial charge in [-0.1, -0.05) is 6.08 Å². The van der Waals surface area contributed by atoms with Crippen LogP contribution in [0.2, 0.25) is 0 Å². The van der Waals surface area contributed by atoms with Crippen molar-refractivity contribution in [3.63, 3.8) is 0 Å². The lowest BCUT2D eigenvalue weighted by Gasteiger charge is -2.02. The molecule has 5 heteroatoms. The third-order valence-corrected chi connectivity index (χ3v) is 2.10. The Balaban J connectivity index is 2.20. The molecule has 0 saturated heterocycles. The molecular weight excluding hydrogens is 203 g/mol. The van der Waals surface area contributed by atoms with E-state index in [1.165, 1.54) is 6.26 Å². The van der Waals surface area contributed by atoms with Crippen molar-refractivity contribution in [1.29, 1.82) is 0 Å². The maximum atomic E-state index is 8.89. The van der Waals surface area contributed by atoms with E-state index in [2.05, 4.69) is 6.58 Å². The lowest BCUT2D eigenvalue weighted by atomic mass is 10.2. The van der Waals surface area contributed by atoms with Gasteiger partial charge in [0.2, 0.25) is 0 Å². The summed E-state index contributed by atoms with van der Waals surface area (Å²) in [7, 11) is -0.0197. The van der Waals surface area contributed by atoms with Crippen molar-refractivity contribution in [2.45, 2.75) is 13.2 Å². The normalized spacial score (nSPS) is 11.2. The molecule has 0 aliphatic heterocycles. The predicted molar refractivity (Wildman–Crippen MR) is 53.9 cm³/mol. The van der Waals surface area contributed by atoms with Crippen LogP contribution in [0, 0.1) is 0 Å². The van der Waals surface area contributed by atoms with Gasteiger partial charge in [-0.25, -0.2) is 0 Å². The number of hydrogen-bond donors (Lipinski definition) is 1. The first-order chi connectivity index (χ1) is 6.88. The smallest absolute Gasteiger partial charge is 0.155 e. The molecule has 78 valence electrons. The molecule has 1 unspecified atom stereocenters. The molecule has 0 saturated carbocycles. The minimum absolute atomic E-state index is 0.0197. The van der Waals surface area contributed by atoms with Crippen molar-refractivity contribution in [2.24, 2.45) is 0 Å². The first-order valence-electron chi connectivity index (χ1n) is 4.12. The second-order valence-electron chi connectivity index (χ2n) is 2.55. The Hall–Kier alpha value is -0.670. The van der Waals surface area contributed by atoms with Gasteiger partial charge in [0.25, 0.3) is 0 Å². The van der Waals surface area contributed by atoms with Crippen LogP contribution in [0.3, 0.4) is 0 Å². The standard InChI is InChI=1S/C9H13O4P/c1-2-3-12-14-13-7-9-6-11-5-8(9)4-10/h2,5-6,10,14H,1,3-4,7H2. The highest BCUT2D eigenvalue weighted by molar-refractivity contribution is 7.26. The number of aliphatic hydroxyl groups is 1. The molecule has 0 radical (unpaired) electrons. The third-order valence-electron chi connectivity index (χ3n) is 1.55. The van der Waals surface area contributed by atoms with Crippen LogP contribution in [-0.2, 0) is 22.3 Å². The highest BCUT2D eigenvalue weighted by atomic mass is 31.1. The van der Waals surface area contributed by atoms with Gasteiger partial charge in [-0.3, -0.25) is 0 Å². The van der Waals surface area contributed by atoms with E-state index >= 15 is 0 Å². The van der Waals surface area contributed by atoms with Crippen molar-refractivity contribution >= 4 is 9.03 Å². The van der Waals surface area contributed by atoms with Crippen molar-refractivity contribution in [3.8, 4) is 0 Å². The van der Waals surface area contributed by atoms with Crippen LogP contribution in [0.4, 0.5) is 0 Å². The van der Waals surface area contributed by atoms with Gasteiger partial charge >= 0.3 is 0 Å². The fourth-order valence-electron chi connectivity index (χ4n) is 0.857. The highest BCUT2D eigenvalue weighted by Gasteiger charge is 2.03.